The standard InChI is InChI=1S/C17H35N3O/c1-4-17(21,5-2)15-19-9-7-6-8-16(14-19)20-12-10-18(3)11-13-20/h16,21H,4-15H2,1-3H3. The van der Waals surface area contributed by atoms with E-state index < -0.39 is 5.60 Å². The summed E-state index contributed by atoms with van der Waals surface area (Å²) in [5.74, 6) is 0. The first kappa shape index (κ1) is 17.2. The summed E-state index contributed by atoms with van der Waals surface area (Å²) in [4.78, 5) is 7.65. The van der Waals surface area contributed by atoms with Crippen molar-refractivity contribution in [3.8, 4) is 0 Å². The molecule has 2 fully saturated rings. The molecule has 4 heteroatoms. The number of hydrogen-bond donors (Lipinski definition) is 1. The van der Waals surface area contributed by atoms with Crippen molar-refractivity contribution in [2.75, 3.05) is 52.9 Å². The molecular formula is C17H35N3O. The van der Waals surface area contributed by atoms with Crippen molar-refractivity contribution >= 4 is 0 Å². The van der Waals surface area contributed by atoms with Gasteiger partial charge in [0.15, 0.2) is 0 Å². The Balaban J connectivity index is 1.91. The van der Waals surface area contributed by atoms with Crippen LogP contribution < -0.4 is 0 Å². The van der Waals surface area contributed by atoms with Crippen molar-refractivity contribution in [1.82, 2.24) is 14.7 Å². The molecule has 2 rings (SSSR count). The summed E-state index contributed by atoms with van der Waals surface area (Å²) in [5, 5.41) is 10.6. The van der Waals surface area contributed by atoms with Crippen LogP contribution in [0.3, 0.4) is 0 Å². The molecule has 0 aromatic carbocycles. The molecule has 0 saturated carbocycles. The molecule has 124 valence electrons. The third-order valence-corrected chi connectivity index (χ3v) is 5.62. The third kappa shape index (κ3) is 4.92. The summed E-state index contributed by atoms with van der Waals surface area (Å²) >= 11 is 0. The quantitative estimate of drug-likeness (QED) is 0.835. The number of rotatable bonds is 5. The fourth-order valence-corrected chi connectivity index (χ4v) is 3.71. The first-order chi connectivity index (χ1) is 10.1. The van der Waals surface area contributed by atoms with Crippen LogP contribution in [-0.2, 0) is 0 Å². The van der Waals surface area contributed by atoms with E-state index in [1.54, 1.807) is 0 Å². The Morgan fingerprint density at radius 1 is 1.00 bits per heavy atom. The summed E-state index contributed by atoms with van der Waals surface area (Å²) < 4.78 is 0. The monoisotopic (exact) mass is 297 g/mol. The zero-order valence-corrected chi connectivity index (χ0v) is 14.4. The second kappa shape index (κ2) is 7.91. The van der Waals surface area contributed by atoms with Crippen LogP contribution in [0.25, 0.3) is 0 Å². The lowest BCUT2D eigenvalue weighted by atomic mass is 9.96. The van der Waals surface area contributed by atoms with Crippen LogP contribution in [0.4, 0.5) is 0 Å². The molecule has 0 aromatic rings. The zero-order valence-electron chi connectivity index (χ0n) is 14.4. The van der Waals surface area contributed by atoms with Gasteiger partial charge in [-0.1, -0.05) is 20.3 Å². The maximum atomic E-state index is 10.6. The molecule has 0 aliphatic carbocycles. The zero-order chi connectivity index (χ0) is 15.3. The molecule has 0 spiro atoms. The minimum atomic E-state index is -0.489. The van der Waals surface area contributed by atoms with E-state index in [2.05, 4.69) is 35.6 Å². The number of aliphatic hydroxyl groups is 1. The Morgan fingerprint density at radius 3 is 2.29 bits per heavy atom. The molecule has 0 bridgehead atoms. The molecule has 1 atom stereocenters. The molecule has 21 heavy (non-hydrogen) atoms. The van der Waals surface area contributed by atoms with Gasteiger partial charge in [-0.25, -0.2) is 0 Å². The van der Waals surface area contributed by atoms with Crippen molar-refractivity contribution in [2.24, 2.45) is 0 Å². The van der Waals surface area contributed by atoms with E-state index in [-0.39, 0.29) is 0 Å². The molecule has 0 amide bonds. The van der Waals surface area contributed by atoms with Gasteiger partial charge in [0, 0.05) is 45.3 Å². The lowest BCUT2D eigenvalue weighted by Crippen LogP contribution is -2.53. The first-order valence-electron chi connectivity index (χ1n) is 8.93. The highest BCUT2D eigenvalue weighted by Crippen LogP contribution is 2.22. The Bertz CT molecular complexity index is 298. The number of likely N-dealkylation sites (N-methyl/N-ethyl adjacent to an activating group) is 1. The van der Waals surface area contributed by atoms with Gasteiger partial charge in [-0.15, -0.1) is 0 Å². The molecule has 2 aliphatic heterocycles. The minimum absolute atomic E-state index is 0.489. The summed E-state index contributed by atoms with van der Waals surface area (Å²) in [6, 6.07) is 0.694. The summed E-state index contributed by atoms with van der Waals surface area (Å²) in [6.07, 6.45) is 5.67. The summed E-state index contributed by atoms with van der Waals surface area (Å²) in [6.45, 7) is 12.2. The Kier molecular flexibility index (Phi) is 6.48. The van der Waals surface area contributed by atoms with Gasteiger partial charge in [0.2, 0.25) is 0 Å². The van der Waals surface area contributed by atoms with E-state index in [9.17, 15) is 5.11 Å². The normalized spacial score (nSPS) is 27.7. The van der Waals surface area contributed by atoms with Crippen LogP contribution in [0.1, 0.15) is 46.0 Å². The van der Waals surface area contributed by atoms with E-state index in [0.717, 1.165) is 32.5 Å². The van der Waals surface area contributed by atoms with Gasteiger partial charge < -0.3 is 10.0 Å². The maximum Gasteiger partial charge on any atom is 0.0768 e. The smallest absolute Gasteiger partial charge is 0.0768 e. The molecule has 2 heterocycles. The number of piperazine rings is 1. The molecule has 2 aliphatic rings. The highest BCUT2D eigenvalue weighted by atomic mass is 16.3. The van der Waals surface area contributed by atoms with Crippen LogP contribution >= 0.6 is 0 Å². The fourth-order valence-electron chi connectivity index (χ4n) is 3.71. The molecule has 2 saturated heterocycles. The lowest BCUT2D eigenvalue weighted by Gasteiger charge is -2.40. The van der Waals surface area contributed by atoms with Gasteiger partial charge in [-0.2, -0.15) is 0 Å². The van der Waals surface area contributed by atoms with Crippen molar-refractivity contribution in [3.63, 3.8) is 0 Å². The average molecular weight is 297 g/mol. The maximum absolute atomic E-state index is 10.6. The second-order valence-electron chi connectivity index (χ2n) is 7.16. The van der Waals surface area contributed by atoms with E-state index >= 15 is 0 Å². The van der Waals surface area contributed by atoms with E-state index in [1.165, 1.54) is 45.4 Å². The van der Waals surface area contributed by atoms with Crippen LogP contribution in [0, 0.1) is 0 Å². The van der Waals surface area contributed by atoms with Gasteiger partial charge in [-0.05, 0) is 39.3 Å². The number of hydrogen-bond acceptors (Lipinski definition) is 4. The summed E-state index contributed by atoms with van der Waals surface area (Å²) in [5.41, 5.74) is -0.489. The lowest BCUT2D eigenvalue weighted by molar-refractivity contribution is -0.0100. The molecule has 1 N–H and O–H groups in total. The minimum Gasteiger partial charge on any atom is -0.389 e. The van der Waals surface area contributed by atoms with Crippen molar-refractivity contribution < 1.29 is 5.11 Å². The number of β-amino-alcohol motifs (C(OH)–C–C–N with tert-alkyl or cyclic N) is 1. The predicted octanol–water partition coefficient (Wildman–Crippen LogP) is 1.64. The third-order valence-electron chi connectivity index (χ3n) is 5.62. The van der Waals surface area contributed by atoms with Crippen LogP contribution in [-0.4, -0.2) is 84.3 Å². The first-order valence-corrected chi connectivity index (χ1v) is 8.93. The number of nitrogens with zero attached hydrogens (tertiary/aromatic N) is 3. The average Bonchev–Trinajstić information content (AvgIpc) is 2.73. The Morgan fingerprint density at radius 2 is 1.67 bits per heavy atom. The SMILES string of the molecule is CCC(O)(CC)CN1CCCCC(N2CCN(C)CC2)C1. The number of likely N-dealkylation sites (tertiary alicyclic amines) is 1. The van der Waals surface area contributed by atoms with Crippen molar-refractivity contribution in [3.05, 3.63) is 0 Å². The van der Waals surface area contributed by atoms with Crippen LogP contribution in [0.2, 0.25) is 0 Å². The molecule has 4 nitrogen and oxygen atoms in total. The van der Waals surface area contributed by atoms with Gasteiger partial charge in [0.25, 0.3) is 0 Å². The van der Waals surface area contributed by atoms with E-state index in [0.29, 0.717) is 6.04 Å². The second-order valence-corrected chi connectivity index (χ2v) is 7.16. The van der Waals surface area contributed by atoms with Crippen molar-refractivity contribution in [2.45, 2.75) is 57.6 Å². The predicted molar refractivity (Wildman–Crippen MR) is 88.7 cm³/mol. The fraction of sp³-hybridized carbons (Fsp3) is 1.00. The van der Waals surface area contributed by atoms with Gasteiger partial charge >= 0.3 is 0 Å². The molecule has 0 radical (unpaired) electrons. The van der Waals surface area contributed by atoms with E-state index in [4.69, 9.17) is 0 Å². The van der Waals surface area contributed by atoms with E-state index in [1.807, 2.05) is 0 Å². The molecule has 0 aromatic heterocycles. The highest BCUT2D eigenvalue weighted by molar-refractivity contribution is 4.86. The largest absolute Gasteiger partial charge is 0.389 e. The Hall–Kier alpha value is -0.160. The molecular weight excluding hydrogens is 262 g/mol. The van der Waals surface area contributed by atoms with Crippen LogP contribution in [0.5, 0.6) is 0 Å². The highest BCUT2D eigenvalue weighted by Gasteiger charge is 2.30. The Labute approximate surface area is 131 Å². The van der Waals surface area contributed by atoms with Crippen molar-refractivity contribution in [1.29, 1.82) is 0 Å². The van der Waals surface area contributed by atoms with Gasteiger partial charge in [-0.3, -0.25) is 9.80 Å². The van der Waals surface area contributed by atoms with Gasteiger partial charge in [0.1, 0.15) is 0 Å². The van der Waals surface area contributed by atoms with Crippen LogP contribution in [0.15, 0.2) is 0 Å². The molecule has 1 unspecified atom stereocenters. The topological polar surface area (TPSA) is 30.0 Å². The van der Waals surface area contributed by atoms with Gasteiger partial charge in [0.05, 0.1) is 5.60 Å². The summed E-state index contributed by atoms with van der Waals surface area (Å²) in [7, 11) is 2.22.